The van der Waals surface area contributed by atoms with Gasteiger partial charge in [0, 0.05) is 6.54 Å². The predicted molar refractivity (Wildman–Crippen MR) is 99.7 cm³/mol. The van der Waals surface area contributed by atoms with Gasteiger partial charge >= 0.3 is 0 Å². The van der Waals surface area contributed by atoms with Crippen LogP contribution in [0.1, 0.15) is 24.3 Å². The molecule has 1 heterocycles. The van der Waals surface area contributed by atoms with Crippen molar-refractivity contribution in [2.45, 2.75) is 19.3 Å². The van der Waals surface area contributed by atoms with E-state index in [4.69, 9.17) is 9.72 Å². The van der Waals surface area contributed by atoms with E-state index in [9.17, 15) is 0 Å². The van der Waals surface area contributed by atoms with Gasteiger partial charge in [0.05, 0.1) is 17.3 Å². The number of hydrogen-bond donors (Lipinski definition) is 0. The zero-order chi connectivity index (χ0) is 15.3. The average Bonchev–Trinajstić information content (AvgIpc) is 3.19. The molecule has 0 aliphatic heterocycles. The Morgan fingerprint density at radius 1 is 1.26 bits per heavy atom. The number of methoxy groups -OCH3 is 1. The number of allylic oxidation sites excluding steroid dienone is 1. The van der Waals surface area contributed by atoms with Crippen molar-refractivity contribution in [3.05, 3.63) is 28.8 Å². The molecule has 2 aliphatic rings. The molecule has 0 amide bonds. The van der Waals surface area contributed by atoms with Crippen LogP contribution in [0, 0.1) is 11.8 Å². The highest BCUT2D eigenvalue weighted by atomic mass is 35.5. The molecule has 0 spiro atoms. The van der Waals surface area contributed by atoms with Crippen LogP contribution < -0.4 is 4.74 Å². The van der Waals surface area contributed by atoms with Crippen LogP contribution in [0.2, 0.25) is 0 Å². The zero-order valence-electron chi connectivity index (χ0n) is 13.8. The third-order valence-corrected chi connectivity index (χ3v) is 6.04. The Kier molecular flexibility index (Phi) is 4.68. The summed E-state index contributed by atoms with van der Waals surface area (Å²) in [5.74, 6) is 2.45. The summed E-state index contributed by atoms with van der Waals surface area (Å²) >= 11 is 1.83. The first-order valence-electron chi connectivity index (χ1n) is 7.98. The minimum Gasteiger partial charge on any atom is -0.497 e. The first-order valence-corrected chi connectivity index (χ1v) is 8.80. The van der Waals surface area contributed by atoms with Crippen LogP contribution in [0.3, 0.4) is 0 Å². The number of aromatic nitrogens is 1. The van der Waals surface area contributed by atoms with Crippen LogP contribution in [-0.2, 0) is 0 Å². The molecule has 2 unspecified atom stereocenters. The fraction of sp³-hybridized carbons (Fsp3) is 0.500. The van der Waals surface area contributed by atoms with E-state index in [0.29, 0.717) is 0 Å². The normalized spacial score (nSPS) is 23.0. The van der Waals surface area contributed by atoms with Crippen LogP contribution in [0.25, 0.3) is 15.8 Å². The first kappa shape index (κ1) is 16.7. The van der Waals surface area contributed by atoms with Crippen molar-refractivity contribution in [2.75, 3.05) is 27.7 Å². The van der Waals surface area contributed by atoms with Crippen molar-refractivity contribution in [1.82, 2.24) is 9.88 Å². The fourth-order valence-corrected chi connectivity index (χ4v) is 5.21. The van der Waals surface area contributed by atoms with Gasteiger partial charge in [-0.05, 0) is 74.5 Å². The van der Waals surface area contributed by atoms with Gasteiger partial charge in [-0.2, -0.15) is 0 Å². The van der Waals surface area contributed by atoms with Crippen molar-refractivity contribution in [1.29, 1.82) is 0 Å². The Labute approximate surface area is 147 Å². The minimum atomic E-state index is 0. The first-order chi connectivity index (χ1) is 10.7. The maximum atomic E-state index is 5.34. The second-order valence-corrected chi connectivity index (χ2v) is 7.77. The van der Waals surface area contributed by atoms with E-state index >= 15 is 0 Å². The van der Waals surface area contributed by atoms with Crippen LogP contribution in [0.4, 0.5) is 0 Å². The highest BCUT2D eigenvalue weighted by Gasteiger charge is 2.40. The van der Waals surface area contributed by atoms with Gasteiger partial charge in [0.2, 0.25) is 0 Å². The number of halogens is 1. The molecule has 0 saturated heterocycles. The molecule has 1 aromatic heterocycles. The Morgan fingerprint density at radius 2 is 2.04 bits per heavy atom. The molecule has 2 aromatic rings. The van der Waals surface area contributed by atoms with Crippen LogP contribution in [0.5, 0.6) is 5.75 Å². The summed E-state index contributed by atoms with van der Waals surface area (Å²) in [7, 11) is 6.05. The monoisotopic (exact) mass is 350 g/mol. The molecule has 0 N–H and O–H groups in total. The summed E-state index contributed by atoms with van der Waals surface area (Å²) in [5, 5.41) is 1.24. The Balaban J connectivity index is 0.00000156. The second-order valence-electron chi connectivity index (χ2n) is 6.74. The Hall–Kier alpha value is -1.10. The van der Waals surface area contributed by atoms with Crippen molar-refractivity contribution in [3.8, 4) is 5.75 Å². The largest absolute Gasteiger partial charge is 0.497 e. The summed E-state index contributed by atoms with van der Waals surface area (Å²) < 4.78 is 6.57. The molecular formula is C18H23ClN2OS. The van der Waals surface area contributed by atoms with Gasteiger partial charge in [-0.15, -0.1) is 23.7 Å². The quantitative estimate of drug-likeness (QED) is 0.813. The van der Waals surface area contributed by atoms with E-state index in [2.05, 4.69) is 31.1 Å². The van der Waals surface area contributed by atoms with Crippen molar-refractivity contribution < 1.29 is 4.74 Å². The molecule has 1 fully saturated rings. The van der Waals surface area contributed by atoms with E-state index in [-0.39, 0.29) is 12.4 Å². The molecule has 3 nitrogen and oxygen atoms in total. The Morgan fingerprint density at radius 3 is 2.78 bits per heavy atom. The number of thiazole rings is 1. The van der Waals surface area contributed by atoms with Crippen molar-refractivity contribution >= 4 is 39.5 Å². The van der Waals surface area contributed by atoms with Crippen molar-refractivity contribution in [2.24, 2.45) is 11.8 Å². The standard InChI is InChI=1S/C18H22N2OS.ClH/c1-20(2)10-14-11-4-5-12(8-11)17(14)18-19-15-7-6-13(21-3)9-16(15)22-18;/h6-7,9,11-12H,4-5,8,10H2,1-3H3;1H. The molecule has 4 rings (SSSR count). The number of benzene rings is 1. The number of ether oxygens (including phenoxy) is 1. The molecule has 23 heavy (non-hydrogen) atoms. The zero-order valence-corrected chi connectivity index (χ0v) is 15.5. The van der Waals surface area contributed by atoms with Crippen molar-refractivity contribution in [3.63, 3.8) is 0 Å². The number of likely N-dealkylation sites (N-methyl/N-ethyl adjacent to an activating group) is 1. The summed E-state index contributed by atoms with van der Waals surface area (Å²) in [4.78, 5) is 7.23. The smallest absolute Gasteiger partial charge is 0.120 e. The molecule has 1 aromatic carbocycles. The van der Waals surface area contributed by atoms with Gasteiger partial charge in [0.15, 0.2) is 0 Å². The molecule has 2 bridgehead atoms. The molecule has 124 valence electrons. The summed E-state index contributed by atoms with van der Waals surface area (Å²) in [6, 6.07) is 6.19. The average molecular weight is 351 g/mol. The van der Waals surface area contributed by atoms with Gasteiger partial charge in [-0.1, -0.05) is 0 Å². The van der Waals surface area contributed by atoms with Gasteiger partial charge in [-0.25, -0.2) is 4.98 Å². The van der Waals surface area contributed by atoms with E-state index in [0.717, 1.165) is 29.6 Å². The highest BCUT2D eigenvalue weighted by Crippen LogP contribution is 2.53. The minimum absolute atomic E-state index is 0. The highest BCUT2D eigenvalue weighted by molar-refractivity contribution is 7.19. The number of hydrogen-bond acceptors (Lipinski definition) is 4. The van der Waals surface area contributed by atoms with Gasteiger partial charge < -0.3 is 9.64 Å². The lowest BCUT2D eigenvalue weighted by Crippen LogP contribution is -2.19. The third-order valence-electron chi connectivity index (χ3n) is 4.99. The summed E-state index contributed by atoms with van der Waals surface area (Å²) in [5.41, 5.74) is 4.30. The SMILES string of the molecule is COc1ccc2nc(C3=C(CN(C)C)C4CCC3C4)sc2c1.Cl. The van der Waals surface area contributed by atoms with Crippen LogP contribution in [0.15, 0.2) is 23.8 Å². The molecular weight excluding hydrogens is 328 g/mol. The summed E-state index contributed by atoms with van der Waals surface area (Å²) in [6.45, 7) is 1.08. The van der Waals surface area contributed by atoms with E-state index in [1.54, 1.807) is 18.3 Å². The maximum absolute atomic E-state index is 5.34. The number of rotatable bonds is 4. The van der Waals surface area contributed by atoms with Gasteiger partial charge in [-0.3, -0.25) is 0 Å². The topological polar surface area (TPSA) is 25.4 Å². The van der Waals surface area contributed by atoms with Gasteiger partial charge in [0.25, 0.3) is 0 Å². The molecule has 1 saturated carbocycles. The fourth-order valence-electron chi connectivity index (χ4n) is 4.06. The lowest BCUT2D eigenvalue weighted by atomic mass is 9.92. The molecule has 2 aliphatic carbocycles. The lowest BCUT2D eigenvalue weighted by Gasteiger charge is -2.21. The van der Waals surface area contributed by atoms with E-state index < -0.39 is 0 Å². The third kappa shape index (κ3) is 2.88. The molecule has 5 heteroatoms. The Bertz CT molecular complexity index is 753. The van der Waals surface area contributed by atoms with E-state index in [1.165, 1.54) is 29.0 Å². The van der Waals surface area contributed by atoms with E-state index in [1.807, 2.05) is 17.4 Å². The molecule has 0 radical (unpaired) electrons. The maximum Gasteiger partial charge on any atom is 0.120 e. The van der Waals surface area contributed by atoms with Gasteiger partial charge in [0.1, 0.15) is 10.8 Å². The number of fused-ring (bicyclic) bond motifs is 3. The predicted octanol–water partition coefficient (Wildman–Crippen LogP) is 4.47. The number of nitrogens with zero attached hydrogens (tertiary/aromatic N) is 2. The van der Waals surface area contributed by atoms with Crippen LogP contribution >= 0.6 is 23.7 Å². The second kappa shape index (κ2) is 6.42. The summed E-state index contributed by atoms with van der Waals surface area (Å²) in [6.07, 6.45) is 4.06. The van der Waals surface area contributed by atoms with Crippen LogP contribution in [-0.4, -0.2) is 37.6 Å². The lowest BCUT2D eigenvalue weighted by molar-refractivity contribution is 0.415. The molecule has 2 atom stereocenters.